The van der Waals surface area contributed by atoms with Gasteiger partial charge in [-0.05, 0) is 0 Å². The minimum Gasteiger partial charge on any atom is -1.00 e. The summed E-state index contributed by atoms with van der Waals surface area (Å²) in [4.78, 5) is 0. The molecule has 0 unspecified atom stereocenters. The minimum atomic E-state index is 0. The van der Waals surface area contributed by atoms with E-state index in [9.17, 15) is 0 Å². The van der Waals surface area contributed by atoms with E-state index in [0.29, 0.717) is 4.28 Å². The molecule has 0 aliphatic heterocycles. The van der Waals surface area contributed by atoms with E-state index in [1.54, 1.807) is 0 Å². The number of rotatable bonds is 1. The van der Waals surface area contributed by atoms with Crippen LogP contribution in [0.25, 0.3) is 0 Å². The normalized spacial score (nSPS) is 11.4. The molecule has 0 saturated heterocycles. The molecule has 0 atom stereocenters. The molecule has 0 aromatic heterocycles. The van der Waals surface area contributed by atoms with Gasteiger partial charge in [-0.3, -0.25) is 0 Å². The fourth-order valence-corrected chi connectivity index (χ4v) is 0. The van der Waals surface area contributed by atoms with Gasteiger partial charge in [-0.15, -0.1) is 0 Å². The maximum Gasteiger partial charge on any atom is 1.00 e. The second-order valence-electron chi connectivity index (χ2n) is 2.98. The van der Waals surface area contributed by atoms with Gasteiger partial charge in [-0.25, -0.2) is 0 Å². The summed E-state index contributed by atoms with van der Waals surface area (Å²) in [5.74, 6) is 0.762. The van der Waals surface area contributed by atoms with E-state index in [1.165, 1.54) is 0 Å². The van der Waals surface area contributed by atoms with Gasteiger partial charge in [-0.1, -0.05) is 0 Å². The van der Waals surface area contributed by atoms with Crippen LogP contribution in [0.2, 0.25) is 4.28 Å². The summed E-state index contributed by atoms with van der Waals surface area (Å²) in [6.07, 6.45) is 0. The summed E-state index contributed by atoms with van der Waals surface area (Å²) in [6, 6.07) is 0. The van der Waals surface area contributed by atoms with Crippen molar-refractivity contribution in [2.24, 2.45) is 5.92 Å². The van der Waals surface area contributed by atoms with Crippen LogP contribution >= 0.6 is 0 Å². The van der Waals surface area contributed by atoms with Gasteiger partial charge < -0.3 is 4.28 Å². The predicted octanol–water partition coefficient (Wildman–Crippen LogP) is -0.649. The summed E-state index contributed by atoms with van der Waals surface area (Å²) >= 11 is 2.83. The van der Waals surface area contributed by atoms with Crippen molar-refractivity contribution in [2.45, 2.75) is 32.0 Å². The SMILES string of the molecule is CC(C)[C](C)(C)[Al+2].[H-].[H-].[H-].[K+]. The Balaban J connectivity index is -0.0000000300. The Hall–Kier alpha value is 2.17. The second-order valence-corrected chi connectivity index (χ2v) is 4.46. The number of hydrogen-bond donors (Lipinski definition) is 0. The summed E-state index contributed by atoms with van der Waals surface area (Å²) in [5.41, 5.74) is 0. The second kappa shape index (κ2) is 4.90. The fraction of sp³-hybridized carbons (Fsp3) is 1.00. The zero-order chi connectivity index (χ0) is 6.08. The van der Waals surface area contributed by atoms with Crippen molar-refractivity contribution < 1.29 is 55.7 Å². The molecule has 0 aliphatic rings. The summed E-state index contributed by atoms with van der Waals surface area (Å²) in [5, 5.41) is 0. The molecule has 0 bridgehead atoms. The first-order valence-corrected chi connectivity index (χ1v) is 3.31. The van der Waals surface area contributed by atoms with Crippen LogP contribution in [0, 0.1) is 5.92 Å². The van der Waals surface area contributed by atoms with Crippen molar-refractivity contribution >= 4 is 16.3 Å². The van der Waals surface area contributed by atoms with Gasteiger partial charge in [0, 0.05) is 0 Å². The first-order chi connectivity index (χ1) is 2.94. The summed E-state index contributed by atoms with van der Waals surface area (Å²) in [7, 11) is 0. The molecule has 0 N–H and O–H groups in total. The zero-order valence-electron chi connectivity index (χ0n) is 9.65. The van der Waals surface area contributed by atoms with Crippen LogP contribution in [0.5, 0.6) is 0 Å². The van der Waals surface area contributed by atoms with E-state index < -0.39 is 0 Å². The molecular weight excluding hydrogens is 138 g/mol. The Morgan fingerprint density at radius 2 is 1.50 bits per heavy atom. The monoisotopic (exact) mass is 154 g/mol. The molecule has 0 aromatic rings. The van der Waals surface area contributed by atoms with E-state index in [4.69, 9.17) is 0 Å². The quantitative estimate of drug-likeness (QED) is 0.440. The van der Waals surface area contributed by atoms with Gasteiger partial charge in [0.15, 0.2) is 0 Å². The Morgan fingerprint density at radius 3 is 1.50 bits per heavy atom. The third-order valence-corrected chi connectivity index (χ3v) is 2.15. The molecule has 44 valence electrons. The Labute approximate surface area is 108 Å². The van der Waals surface area contributed by atoms with Crippen LogP contribution in [0.1, 0.15) is 32.0 Å². The first kappa shape index (κ1) is 12.8. The van der Waals surface area contributed by atoms with Crippen LogP contribution in [0.4, 0.5) is 0 Å². The van der Waals surface area contributed by atoms with E-state index >= 15 is 0 Å². The molecule has 0 aromatic carbocycles. The standard InChI is InChI=1S/C6H13.Al.K.3H/c1-5(2)6(3)4;;;;;/h5H,1-4H3;;;;;/q;+2;+1;3*-1. The average molecular weight is 154 g/mol. The molecule has 2 heteroatoms. The van der Waals surface area contributed by atoms with Crippen LogP contribution in [-0.4, -0.2) is 16.3 Å². The van der Waals surface area contributed by atoms with E-state index in [1.807, 2.05) is 0 Å². The smallest absolute Gasteiger partial charge is 1.00 e. The van der Waals surface area contributed by atoms with Crippen molar-refractivity contribution in [3.8, 4) is 0 Å². The Bertz CT molecular complexity index is 63.3. The van der Waals surface area contributed by atoms with Crippen LogP contribution in [0.3, 0.4) is 0 Å². The van der Waals surface area contributed by atoms with Crippen molar-refractivity contribution in [3.63, 3.8) is 0 Å². The molecule has 0 saturated carbocycles. The molecule has 0 heterocycles. The summed E-state index contributed by atoms with van der Waals surface area (Å²) < 4.78 is 0.417. The van der Waals surface area contributed by atoms with Crippen molar-refractivity contribution in [1.29, 1.82) is 0 Å². The topological polar surface area (TPSA) is 0 Å². The van der Waals surface area contributed by atoms with E-state index in [-0.39, 0.29) is 55.7 Å². The fourth-order valence-electron chi connectivity index (χ4n) is 0. The van der Waals surface area contributed by atoms with Gasteiger partial charge in [0.2, 0.25) is 0 Å². The Kier molecular flexibility index (Phi) is 7.85. The van der Waals surface area contributed by atoms with E-state index in [0.717, 1.165) is 5.92 Å². The van der Waals surface area contributed by atoms with Gasteiger partial charge in [0.1, 0.15) is 0 Å². The maximum atomic E-state index is 2.83. The van der Waals surface area contributed by atoms with Gasteiger partial charge in [-0.2, -0.15) is 0 Å². The van der Waals surface area contributed by atoms with Crippen LogP contribution in [0.15, 0.2) is 0 Å². The predicted molar refractivity (Wildman–Crippen MR) is 38.0 cm³/mol. The Morgan fingerprint density at radius 1 is 1.38 bits per heavy atom. The molecule has 0 fully saturated rings. The maximum absolute atomic E-state index is 2.83. The molecular formula is C6H16AlK. The van der Waals surface area contributed by atoms with E-state index in [2.05, 4.69) is 44.0 Å². The van der Waals surface area contributed by atoms with Crippen molar-refractivity contribution in [1.82, 2.24) is 0 Å². The summed E-state index contributed by atoms with van der Waals surface area (Å²) in [6.45, 7) is 8.91. The average Bonchev–Trinajstić information content (AvgIpc) is 1.31. The molecule has 0 nitrogen and oxygen atoms in total. The molecule has 0 spiro atoms. The zero-order valence-corrected chi connectivity index (χ0v) is 10.9. The molecule has 0 amide bonds. The minimum absolute atomic E-state index is 0. The molecule has 0 aliphatic carbocycles. The number of hydrogen-bond acceptors (Lipinski definition) is 0. The van der Waals surface area contributed by atoms with Gasteiger partial charge in [0.05, 0.1) is 0 Å². The third-order valence-electron chi connectivity index (χ3n) is 1.49. The first-order valence-electron chi connectivity index (χ1n) is 2.73. The van der Waals surface area contributed by atoms with Gasteiger partial charge >= 0.3 is 106 Å². The molecule has 0 radical (unpaired) electrons. The largest absolute Gasteiger partial charge is 1.00 e. The van der Waals surface area contributed by atoms with Crippen LogP contribution < -0.4 is 51.4 Å². The van der Waals surface area contributed by atoms with Crippen molar-refractivity contribution in [2.75, 3.05) is 0 Å². The van der Waals surface area contributed by atoms with Gasteiger partial charge in [0.25, 0.3) is 0 Å². The van der Waals surface area contributed by atoms with Crippen molar-refractivity contribution in [3.05, 3.63) is 0 Å². The van der Waals surface area contributed by atoms with Crippen LogP contribution in [-0.2, 0) is 0 Å². The third kappa shape index (κ3) is 6.29. The molecule has 0 rings (SSSR count). The molecule has 8 heavy (non-hydrogen) atoms.